The van der Waals surface area contributed by atoms with Gasteiger partial charge in [0, 0.05) is 19.0 Å². The predicted molar refractivity (Wildman–Crippen MR) is 140 cm³/mol. The summed E-state index contributed by atoms with van der Waals surface area (Å²) in [4.78, 5) is 28.7. The molecular formula is C30H36N2O3. The molecule has 0 radical (unpaired) electrons. The number of benzene rings is 3. The maximum Gasteiger partial charge on any atom is 0.261 e. The largest absolute Gasteiger partial charge is 0.484 e. The molecule has 3 rings (SSSR count). The maximum atomic E-state index is 13.6. The fraction of sp³-hybridized carbons (Fsp3) is 0.333. The van der Waals surface area contributed by atoms with Crippen LogP contribution in [0.15, 0.2) is 72.8 Å². The summed E-state index contributed by atoms with van der Waals surface area (Å²) < 4.78 is 5.92. The smallest absolute Gasteiger partial charge is 0.261 e. The van der Waals surface area contributed by atoms with Crippen molar-refractivity contribution in [1.29, 1.82) is 0 Å². The van der Waals surface area contributed by atoms with Gasteiger partial charge in [-0.2, -0.15) is 0 Å². The minimum Gasteiger partial charge on any atom is -0.484 e. The molecule has 0 saturated carbocycles. The topological polar surface area (TPSA) is 58.6 Å². The van der Waals surface area contributed by atoms with Crippen molar-refractivity contribution in [1.82, 2.24) is 10.2 Å². The Labute approximate surface area is 209 Å². The summed E-state index contributed by atoms with van der Waals surface area (Å²) in [6.07, 6.45) is 0.417. The fourth-order valence-electron chi connectivity index (χ4n) is 4.15. The number of ether oxygens (including phenoxy) is 1. The first-order valence-electron chi connectivity index (χ1n) is 12.1. The molecule has 1 atom stereocenters. The van der Waals surface area contributed by atoms with Gasteiger partial charge < -0.3 is 15.0 Å². The normalized spacial score (nSPS) is 11.7. The minimum atomic E-state index is -0.672. The number of hydrogen-bond donors (Lipinski definition) is 1. The quantitative estimate of drug-likeness (QED) is 0.444. The van der Waals surface area contributed by atoms with Crippen molar-refractivity contribution in [2.75, 3.05) is 6.61 Å². The van der Waals surface area contributed by atoms with E-state index in [9.17, 15) is 9.59 Å². The number of carbonyl (C=O) groups is 2. The second kappa shape index (κ2) is 12.2. The molecule has 0 fully saturated rings. The van der Waals surface area contributed by atoms with Crippen LogP contribution >= 0.6 is 0 Å². The molecule has 0 aliphatic carbocycles. The van der Waals surface area contributed by atoms with Crippen molar-refractivity contribution in [3.8, 4) is 5.75 Å². The zero-order valence-electron chi connectivity index (χ0n) is 21.4. The molecule has 184 valence electrons. The van der Waals surface area contributed by atoms with Crippen LogP contribution < -0.4 is 10.1 Å². The highest BCUT2D eigenvalue weighted by Gasteiger charge is 2.31. The van der Waals surface area contributed by atoms with E-state index in [0.717, 1.165) is 27.8 Å². The number of amides is 2. The van der Waals surface area contributed by atoms with Crippen LogP contribution in [0.3, 0.4) is 0 Å². The van der Waals surface area contributed by atoms with Gasteiger partial charge in [0.2, 0.25) is 5.91 Å². The number of nitrogens with zero attached hydrogens (tertiary/aromatic N) is 1. The van der Waals surface area contributed by atoms with Crippen LogP contribution in [0.25, 0.3) is 0 Å². The van der Waals surface area contributed by atoms with Crippen LogP contribution in [0.1, 0.15) is 41.7 Å². The molecular weight excluding hydrogens is 436 g/mol. The number of nitrogens with one attached hydrogen (secondary N) is 1. The van der Waals surface area contributed by atoms with Gasteiger partial charge in [0.25, 0.3) is 5.91 Å². The monoisotopic (exact) mass is 472 g/mol. The van der Waals surface area contributed by atoms with Crippen LogP contribution in [0.5, 0.6) is 5.75 Å². The van der Waals surface area contributed by atoms with Crippen molar-refractivity contribution in [2.24, 2.45) is 0 Å². The lowest BCUT2D eigenvalue weighted by atomic mass is 10.0. The van der Waals surface area contributed by atoms with Gasteiger partial charge in [0.15, 0.2) is 6.61 Å². The van der Waals surface area contributed by atoms with Gasteiger partial charge in [0.05, 0.1) is 0 Å². The highest BCUT2D eigenvalue weighted by atomic mass is 16.5. The van der Waals surface area contributed by atoms with Gasteiger partial charge in [-0.3, -0.25) is 9.59 Å². The Balaban J connectivity index is 1.93. The third-order valence-electron chi connectivity index (χ3n) is 5.86. The molecule has 0 aromatic heterocycles. The zero-order valence-corrected chi connectivity index (χ0v) is 21.4. The van der Waals surface area contributed by atoms with Crippen molar-refractivity contribution in [3.05, 3.63) is 101 Å². The molecule has 1 N–H and O–H groups in total. The average Bonchev–Trinajstić information content (AvgIpc) is 2.80. The predicted octanol–water partition coefficient (Wildman–Crippen LogP) is 5.16. The van der Waals surface area contributed by atoms with Gasteiger partial charge in [-0.15, -0.1) is 0 Å². The van der Waals surface area contributed by atoms with Gasteiger partial charge >= 0.3 is 0 Å². The summed E-state index contributed by atoms with van der Waals surface area (Å²) in [7, 11) is 0. The van der Waals surface area contributed by atoms with Crippen LogP contribution in [-0.4, -0.2) is 35.4 Å². The van der Waals surface area contributed by atoms with E-state index in [1.807, 2.05) is 101 Å². The molecule has 3 aromatic rings. The Morgan fingerprint density at radius 2 is 1.51 bits per heavy atom. The van der Waals surface area contributed by atoms with Gasteiger partial charge in [-0.1, -0.05) is 60.7 Å². The van der Waals surface area contributed by atoms with E-state index in [0.29, 0.717) is 18.7 Å². The van der Waals surface area contributed by atoms with E-state index in [1.165, 1.54) is 0 Å². The molecule has 0 bridgehead atoms. The Hall–Kier alpha value is -3.60. The second-order valence-electron chi connectivity index (χ2n) is 9.43. The molecule has 0 heterocycles. The van der Waals surface area contributed by atoms with Crippen LogP contribution in [-0.2, 0) is 22.6 Å². The molecule has 0 aliphatic heterocycles. The van der Waals surface area contributed by atoms with E-state index in [2.05, 4.69) is 11.4 Å². The van der Waals surface area contributed by atoms with Crippen LogP contribution in [0.4, 0.5) is 0 Å². The van der Waals surface area contributed by atoms with Crippen LogP contribution in [0, 0.1) is 20.8 Å². The highest BCUT2D eigenvalue weighted by molar-refractivity contribution is 5.88. The summed E-state index contributed by atoms with van der Waals surface area (Å²) in [6.45, 7) is 10.0. The van der Waals surface area contributed by atoms with Crippen molar-refractivity contribution in [3.63, 3.8) is 0 Å². The Morgan fingerprint density at radius 1 is 0.886 bits per heavy atom. The first kappa shape index (κ1) is 26.0. The molecule has 35 heavy (non-hydrogen) atoms. The standard InChI is InChI=1S/C30H36N2O3/c1-21(2)31-30(34)28(18-25-12-7-6-8-13-25)32(19-26-14-10-9-11-24(26)5)29(33)20-35-27-16-22(3)15-23(4)17-27/h6-17,21,28H,18-20H2,1-5H3,(H,31,34)/t28-/m0/s1. The number of aryl methyl sites for hydroxylation is 3. The highest BCUT2D eigenvalue weighted by Crippen LogP contribution is 2.19. The van der Waals surface area contributed by atoms with Crippen molar-refractivity contribution in [2.45, 2.75) is 59.7 Å². The summed E-state index contributed by atoms with van der Waals surface area (Å²) in [5.74, 6) is 0.252. The summed E-state index contributed by atoms with van der Waals surface area (Å²) >= 11 is 0. The molecule has 0 aliphatic rings. The zero-order chi connectivity index (χ0) is 25.4. The fourth-order valence-corrected chi connectivity index (χ4v) is 4.15. The molecule has 2 amide bonds. The van der Waals surface area contributed by atoms with Gasteiger partial charge in [-0.25, -0.2) is 0 Å². The molecule has 5 heteroatoms. The average molecular weight is 473 g/mol. The third-order valence-corrected chi connectivity index (χ3v) is 5.86. The van der Waals surface area contributed by atoms with Crippen molar-refractivity contribution >= 4 is 11.8 Å². The minimum absolute atomic E-state index is 0.0392. The first-order chi connectivity index (χ1) is 16.7. The molecule has 5 nitrogen and oxygen atoms in total. The SMILES string of the molecule is Cc1cc(C)cc(OCC(=O)N(Cc2ccccc2C)[C@@H](Cc2ccccc2)C(=O)NC(C)C)c1. The lowest BCUT2D eigenvalue weighted by molar-refractivity contribution is -0.143. The number of hydrogen-bond acceptors (Lipinski definition) is 3. The first-order valence-corrected chi connectivity index (χ1v) is 12.1. The summed E-state index contributed by atoms with van der Waals surface area (Å²) in [5.41, 5.74) is 5.21. The van der Waals surface area contributed by atoms with E-state index < -0.39 is 6.04 Å². The third kappa shape index (κ3) is 7.71. The van der Waals surface area contributed by atoms with E-state index in [4.69, 9.17) is 4.74 Å². The Kier molecular flexibility index (Phi) is 9.07. The van der Waals surface area contributed by atoms with Crippen molar-refractivity contribution < 1.29 is 14.3 Å². The lowest BCUT2D eigenvalue weighted by Gasteiger charge is -2.32. The molecule has 0 unspecified atom stereocenters. The molecule has 0 spiro atoms. The summed E-state index contributed by atoms with van der Waals surface area (Å²) in [6, 6.07) is 22.9. The Morgan fingerprint density at radius 3 is 2.14 bits per heavy atom. The second-order valence-corrected chi connectivity index (χ2v) is 9.43. The van der Waals surface area contributed by atoms with Crippen LogP contribution in [0.2, 0.25) is 0 Å². The maximum absolute atomic E-state index is 13.6. The number of rotatable bonds is 10. The number of carbonyl (C=O) groups excluding carboxylic acids is 2. The van der Waals surface area contributed by atoms with E-state index in [1.54, 1.807) is 4.90 Å². The van der Waals surface area contributed by atoms with E-state index >= 15 is 0 Å². The molecule has 0 saturated heterocycles. The lowest BCUT2D eigenvalue weighted by Crippen LogP contribution is -2.52. The van der Waals surface area contributed by atoms with Gasteiger partial charge in [0.1, 0.15) is 11.8 Å². The summed E-state index contributed by atoms with van der Waals surface area (Å²) in [5, 5.41) is 3.01. The van der Waals surface area contributed by atoms with Gasteiger partial charge in [-0.05, 0) is 74.6 Å². The van der Waals surface area contributed by atoms with E-state index in [-0.39, 0.29) is 24.5 Å². The molecule has 3 aromatic carbocycles. The Bertz CT molecular complexity index is 1120.